The zero-order valence-electron chi connectivity index (χ0n) is 12.2. The van der Waals surface area contributed by atoms with Crippen LogP contribution in [0.1, 0.15) is 38.3 Å². The Morgan fingerprint density at radius 1 is 1.20 bits per heavy atom. The SMILES string of the molecule is CCCNC(c1ccc(Cl)c2ccccc12)C1CC1C. The van der Waals surface area contributed by atoms with Crippen LogP contribution in [0.2, 0.25) is 5.02 Å². The summed E-state index contributed by atoms with van der Waals surface area (Å²) in [5.74, 6) is 1.60. The Morgan fingerprint density at radius 2 is 1.90 bits per heavy atom. The van der Waals surface area contributed by atoms with Crippen LogP contribution in [0.25, 0.3) is 10.8 Å². The van der Waals surface area contributed by atoms with Gasteiger partial charge < -0.3 is 5.32 Å². The van der Waals surface area contributed by atoms with E-state index in [-0.39, 0.29) is 0 Å². The van der Waals surface area contributed by atoms with Gasteiger partial charge in [-0.15, -0.1) is 0 Å². The van der Waals surface area contributed by atoms with Gasteiger partial charge in [0, 0.05) is 16.5 Å². The predicted octanol–water partition coefficient (Wildman–Crippen LogP) is 5.19. The number of rotatable bonds is 5. The quantitative estimate of drug-likeness (QED) is 0.798. The van der Waals surface area contributed by atoms with Crippen molar-refractivity contribution in [1.82, 2.24) is 5.32 Å². The van der Waals surface area contributed by atoms with E-state index in [1.807, 2.05) is 6.07 Å². The standard InChI is InChI=1S/C18H22ClN/c1-3-10-20-18(16-11-12(16)2)15-8-9-17(19)14-7-5-4-6-13(14)15/h4-9,12,16,18,20H,3,10-11H2,1-2H3. The van der Waals surface area contributed by atoms with Crippen molar-refractivity contribution in [1.29, 1.82) is 0 Å². The zero-order chi connectivity index (χ0) is 14.1. The molecule has 1 N–H and O–H groups in total. The third kappa shape index (κ3) is 2.57. The molecular weight excluding hydrogens is 266 g/mol. The van der Waals surface area contributed by atoms with E-state index in [1.54, 1.807) is 0 Å². The van der Waals surface area contributed by atoms with Gasteiger partial charge in [-0.25, -0.2) is 0 Å². The molecule has 0 radical (unpaired) electrons. The van der Waals surface area contributed by atoms with Crippen LogP contribution in [0.5, 0.6) is 0 Å². The molecule has 0 bridgehead atoms. The molecule has 2 aromatic rings. The van der Waals surface area contributed by atoms with Gasteiger partial charge in [-0.1, -0.05) is 55.8 Å². The van der Waals surface area contributed by atoms with Crippen LogP contribution in [0.4, 0.5) is 0 Å². The van der Waals surface area contributed by atoms with Gasteiger partial charge in [0.25, 0.3) is 0 Å². The van der Waals surface area contributed by atoms with Gasteiger partial charge in [-0.05, 0) is 48.2 Å². The van der Waals surface area contributed by atoms with Gasteiger partial charge >= 0.3 is 0 Å². The summed E-state index contributed by atoms with van der Waals surface area (Å²) in [5.41, 5.74) is 1.41. The van der Waals surface area contributed by atoms with Crippen molar-refractivity contribution in [2.24, 2.45) is 11.8 Å². The summed E-state index contributed by atoms with van der Waals surface area (Å²) in [4.78, 5) is 0. The first kappa shape index (κ1) is 13.9. The molecule has 1 aliphatic carbocycles. The Bertz CT molecular complexity index is 607. The van der Waals surface area contributed by atoms with E-state index in [9.17, 15) is 0 Å². The van der Waals surface area contributed by atoms with E-state index in [4.69, 9.17) is 11.6 Å². The summed E-state index contributed by atoms with van der Waals surface area (Å²) >= 11 is 6.34. The molecule has 2 aromatic carbocycles. The fraction of sp³-hybridized carbons (Fsp3) is 0.444. The minimum absolute atomic E-state index is 0.465. The summed E-state index contributed by atoms with van der Waals surface area (Å²) in [7, 11) is 0. The maximum atomic E-state index is 6.34. The van der Waals surface area contributed by atoms with E-state index in [0.29, 0.717) is 6.04 Å². The molecule has 1 saturated carbocycles. The van der Waals surface area contributed by atoms with Gasteiger partial charge in [0.1, 0.15) is 0 Å². The van der Waals surface area contributed by atoms with E-state index in [2.05, 4.69) is 49.5 Å². The van der Waals surface area contributed by atoms with Gasteiger partial charge in [-0.2, -0.15) is 0 Å². The molecular formula is C18H22ClN. The molecule has 3 unspecified atom stereocenters. The molecule has 0 saturated heterocycles. The van der Waals surface area contributed by atoms with Crippen LogP contribution >= 0.6 is 11.6 Å². The van der Waals surface area contributed by atoms with Gasteiger partial charge in [0.05, 0.1) is 0 Å². The van der Waals surface area contributed by atoms with E-state index >= 15 is 0 Å². The Morgan fingerprint density at radius 3 is 2.55 bits per heavy atom. The molecule has 1 aliphatic rings. The van der Waals surface area contributed by atoms with Crippen molar-refractivity contribution < 1.29 is 0 Å². The third-order valence-electron chi connectivity index (χ3n) is 4.45. The molecule has 1 nitrogen and oxygen atoms in total. The lowest BCUT2D eigenvalue weighted by Gasteiger charge is -2.21. The second-order valence-corrected chi connectivity index (χ2v) is 6.40. The van der Waals surface area contributed by atoms with Crippen molar-refractivity contribution in [3.63, 3.8) is 0 Å². The van der Waals surface area contributed by atoms with E-state index in [0.717, 1.165) is 23.4 Å². The minimum atomic E-state index is 0.465. The average Bonchev–Trinajstić information content (AvgIpc) is 3.18. The third-order valence-corrected chi connectivity index (χ3v) is 4.78. The maximum Gasteiger partial charge on any atom is 0.0484 e. The highest BCUT2D eigenvalue weighted by Gasteiger charge is 2.40. The second-order valence-electron chi connectivity index (χ2n) is 5.99. The van der Waals surface area contributed by atoms with Crippen LogP contribution in [0, 0.1) is 11.8 Å². The van der Waals surface area contributed by atoms with Crippen molar-refractivity contribution in [3.8, 4) is 0 Å². The van der Waals surface area contributed by atoms with E-state index < -0.39 is 0 Å². The smallest absolute Gasteiger partial charge is 0.0484 e. The summed E-state index contributed by atoms with van der Waals surface area (Å²) in [6, 6.07) is 13.2. The Kier molecular flexibility index (Phi) is 4.00. The normalized spacial score (nSPS) is 22.9. The molecule has 20 heavy (non-hydrogen) atoms. The van der Waals surface area contributed by atoms with Crippen LogP contribution in [-0.2, 0) is 0 Å². The predicted molar refractivity (Wildman–Crippen MR) is 87.3 cm³/mol. The van der Waals surface area contributed by atoms with Crippen LogP contribution in [0.15, 0.2) is 36.4 Å². The summed E-state index contributed by atoms with van der Waals surface area (Å²) in [5, 5.41) is 7.06. The van der Waals surface area contributed by atoms with Crippen molar-refractivity contribution in [2.75, 3.05) is 6.54 Å². The summed E-state index contributed by atoms with van der Waals surface area (Å²) < 4.78 is 0. The van der Waals surface area contributed by atoms with Gasteiger partial charge in [0.2, 0.25) is 0 Å². The number of hydrogen-bond acceptors (Lipinski definition) is 1. The van der Waals surface area contributed by atoms with Gasteiger partial charge in [0.15, 0.2) is 0 Å². The Balaban J connectivity index is 2.04. The number of fused-ring (bicyclic) bond motifs is 1. The highest BCUT2D eigenvalue weighted by molar-refractivity contribution is 6.35. The first-order valence-electron chi connectivity index (χ1n) is 7.63. The van der Waals surface area contributed by atoms with Crippen molar-refractivity contribution in [3.05, 3.63) is 47.0 Å². The molecule has 1 fully saturated rings. The molecule has 0 heterocycles. The molecule has 106 valence electrons. The van der Waals surface area contributed by atoms with E-state index in [1.165, 1.54) is 29.2 Å². The molecule has 2 heteroatoms. The van der Waals surface area contributed by atoms with Crippen LogP contribution < -0.4 is 5.32 Å². The maximum absolute atomic E-state index is 6.34. The van der Waals surface area contributed by atoms with Gasteiger partial charge in [-0.3, -0.25) is 0 Å². The fourth-order valence-corrected chi connectivity index (χ4v) is 3.39. The first-order valence-corrected chi connectivity index (χ1v) is 8.00. The molecule has 0 amide bonds. The number of benzene rings is 2. The second kappa shape index (κ2) is 5.75. The highest BCUT2D eigenvalue weighted by Crippen LogP contribution is 2.48. The lowest BCUT2D eigenvalue weighted by atomic mass is 9.95. The zero-order valence-corrected chi connectivity index (χ0v) is 13.0. The number of hydrogen-bond donors (Lipinski definition) is 1. The lowest BCUT2D eigenvalue weighted by Crippen LogP contribution is -2.24. The highest BCUT2D eigenvalue weighted by atomic mass is 35.5. The first-order chi connectivity index (χ1) is 9.72. The average molecular weight is 288 g/mol. The number of nitrogens with one attached hydrogen (secondary N) is 1. The minimum Gasteiger partial charge on any atom is -0.310 e. The lowest BCUT2D eigenvalue weighted by molar-refractivity contribution is 0.465. The largest absolute Gasteiger partial charge is 0.310 e. The van der Waals surface area contributed by atoms with Crippen LogP contribution in [0.3, 0.4) is 0 Å². The monoisotopic (exact) mass is 287 g/mol. The Labute approximate surface area is 126 Å². The summed E-state index contributed by atoms with van der Waals surface area (Å²) in [6.07, 6.45) is 2.50. The molecule has 0 aliphatic heterocycles. The summed E-state index contributed by atoms with van der Waals surface area (Å²) in [6.45, 7) is 5.65. The fourth-order valence-electron chi connectivity index (χ4n) is 3.16. The van der Waals surface area contributed by atoms with Crippen molar-refractivity contribution in [2.45, 2.75) is 32.7 Å². The Hall–Kier alpha value is -1.05. The molecule has 3 rings (SSSR count). The molecule has 3 atom stereocenters. The van der Waals surface area contributed by atoms with Crippen LogP contribution in [-0.4, -0.2) is 6.54 Å². The molecule has 0 spiro atoms. The topological polar surface area (TPSA) is 12.0 Å². The number of halogens is 1. The van der Waals surface area contributed by atoms with Crippen molar-refractivity contribution >= 4 is 22.4 Å². The molecule has 0 aromatic heterocycles.